The van der Waals surface area contributed by atoms with Crippen LogP contribution < -0.4 is 11.1 Å². The number of aromatic carboxylic acids is 1. The van der Waals surface area contributed by atoms with E-state index in [-0.39, 0.29) is 5.69 Å². The molecule has 0 aromatic heterocycles. The maximum atomic E-state index is 13.5. The van der Waals surface area contributed by atoms with Crippen molar-refractivity contribution < 1.29 is 23.9 Å². The van der Waals surface area contributed by atoms with Crippen LogP contribution in [0.15, 0.2) is 18.2 Å². The van der Waals surface area contributed by atoms with Gasteiger partial charge in [-0.2, -0.15) is 0 Å². The number of halogens is 1. The summed E-state index contributed by atoms with van der Waals surface area (Å²) >= 11 is 0. The second-order valence-electron chi connectivity index (χ2n) is 4.68. The molecule has 1 aliphatic rings. The standard InChI is InChI=1S/C13H14FN3O4/c14-9-6-7(3-4-8(9)12(19)20)16-13(21)17-5-1-2-10(17)11(15)18/h3-4,6,10H,1-2,5H2,(H2,15,18)(H,16,21)(H,19,20). The number of carboxylic acids is 1. The second-order valence-corrected chi connectivity index (χ2v) is 4.68. The van der Waals surface area contributed by atoms with Gasteiger partial charge in [0.25, 0.3) is 0 Å². The first-order valence-electron chi connectivity index (χ1n) is 6.30. The van der Waals surface area contributed by atoms with Gasteiger partial charge in [-0.05, 0) is 31.0 Å². The number of hydrogen-bond acceptors (Lipinski definition) is 3. The highest BCUT2D eigenvalue weighted by Gasteiger charge is 2.32. The molecule has 2 rings (SSSR count). The number of primary amides is 1. The normalized spacial score (nSPS) is 17.6. The number of hydrogen-bond donors (Lipinski definition) is 3. The third-order valence-electron chi connectivity index (χ3n) is 3.29. The van der Waals surface area contributed by atoms with Crippen LogP contribution in [0.1, 0.15) is 23.2 Å². The summed E-state index contributed by atoms with van der Waals surface area (Å²) in [5.74, 6) is -2.93. The number of anilines is 1. The Bertz CT molecular complexity index is 605. The Morgan fingerprint density at radius 1 is 1.38 bits per heavy atom. The molecule has 1 unspecified atom stereocenters. The number of carbonyl (C=O) groups excluding carboxylic acids is 2. The van der Waals surface area contributed by atoms with Gasteiger partial charge in [-0.3, -0.25) is 4.79 Å². The van der Waals surface area contributed by atoms with E-state index >= 15 is 0 Å². The minimum absolute atomic E-state index is 0.109. The molecule has 3 amide bonds. The van der Waals surface area contributed by atoms with Crippen molar-refractivity contribution in [3.8, 4) is 0 Å². The zero-order valence-corrected chi connectivity index (χ0v) is 11.0. The minimum Gasteiger partial charge on any atom is -0.478 e. The molecule has 0 bridgehead atoms. The molecular formula is C13H14FN3O4. The van der Waals surface area contributed by atoms with Crippen molar-refractivity contribution in [2.75, 3.05) is 11.9 Å². The molecule has 0 radical (unpaired) electrons. The van der Waals surface area contributed by atoms with Crippen LogP contribution in [-0.4, -0.2) is 40.5 Å². The van der Waals surface area contributed by atoms with Crippen molar-refractivity contribution in [1.29, 1.82) is 0 Å². The van der Waals surface area contributed by atoms with Gasteiger partial charge < -0.3 is 21.1 Å². The van der Waals surface area contributed by atoms with Gasteiger partial charge in [0.15, 0.2) is 0 Å². The summed E-state index contributed by atoms with van der Waals surface area (Å²) in [6, 6.07) is 2.01. The summed E-state index contributed by atoms with van der Waals surface area (Å²) in [4.78, 5) is 35.2. The van der Waals surface area contributed by atoms with Gasteiger partial charge in [0, 0.05) is 12.2 Å². The Hall–Kier alpha value is -2.64. The van der Waals surface area contributed by atoms with E-state index in [0.717, 1.165) is 12.1 Å². The number of nitrogens with one attached hydrogen (secondary N) is 1. The molecule has 1 aliphatic heterocycles. The average molecular weight is 295 g/mol. The fourth-order valence-electron chi connectivity index (χ4n) is 2.27. The lowest BCUT2D eigenvalue weighted by molar-refractivity contribution is -0.121. The molecule has 1 atom stereocenters. The number of nitrogens with two attached hydrogens (primary N) is 1. The molecule has 1 heterocycles. The predicted molar refractivity (Wildman–Crippen MR) is 71.3 cm³/mol. The van der Waals surface area contributed by atoms with Crippen LogP contribution in [0.25, 0.3) is 0 Å². The van der Waals surface area contributed by atoms with Crippen molar-refractivity contribution in [3.63, 3.8) is 0 Å². The maximum absolute atomic E-state index is 13.5. The van der Waals surface area contributed by atoms with Crippen LogP contribution in [0.5, 0.6) is 0 Å². The number of likely N-dealkylation sites (tertiary alicyclic amines) is 1. The Balaban J connectivity index is 2.11. The van der Waals surface area contributed by atoms with Crippen molar-refractivity contribution in [3.05, 3.63) is 29.6 Å². The third-order valence-corrected chi connectivity index (χ3v) is 3.29. The smallest absolute Gasteiger partial charge is 0.338 e. The van der Waals surface area contributed by atoms with Gasteiger partial charge in [0.05, 0.1) is 5.56 Å². The topological polar surface area (TPSA) is 113 Å². The molecule has 7 nitrogen and oxygen atoms in total. The summed E-state index contributed by atoms with van der Waals surface area (Å²) in [5.41, 5.74) is 4.84. The quantitative estimate of drug-likeness (QED) is 0.772. The van der Waals surface area contributed by atoms with Gasteiger partial charge >= 0.3 is 12.0 Å². The summed E-state index contributed by atoms with van der Waals surface area (Å²) in [5, 5.41) is 11.1. The van der Waals surface area contributed by atoms with Crippen LogP contribution in [0.3, 0.4) is 0 Å². The largest absolute Gasteiger partial charge is 0.478 e. The number of rotatable bonds is 3. The van der Waals surface area contributed by atoms with Gasteiger partial charge in [-0.1, -0.05) is 0 Å². The lowest BCUT2D eigenvalue weighted by Gasteiger charge is -2.22. The van der Waals surface area contributed by atoms with Crippen LogP contribution in [0.4, 0.5) is 14.9 Å². The molecule has 1 fully saturated rings. The Morgan fingerprint density at radius 2 is 2.10 bits per heavy atom. The molecule has 21 heavy (non-hydrogen) atoms. The average Bonchev–Trinajstić information content (AvgIpc) is 2.87. The molecule has 1 saturated heterocycles. The molecular weight excluding hydrogens is 281 g/mol. The molecule has 0 saturated carbocycles. The summed E-state index contributed by atoms with van der Waals surface area (Å²) in [7, 11) is 0. The van der Waals surface area contributed by atoms with E-state index in [4.69, 9.17) is 10.8 Å². The first-order valence-corrected chi connectivity index (χ1v) is 6.30. The summed E-state index contributed by atoms with van der Waals surface area (Å²) < 4.78 is 13.5. The maximum Gasteiger partial charge on any atom is 0.338 e. The first-order chi connectivity index (χ1) is 9.90. The lowest BCUT2D eigenvalue weighted by Crippen LogP contribution is -2.45. The van der Waals surface area contributed by atoms with Gasteiger partial charge in [-0.15, -0.1) is 0 Å². The van der Waals surface area contributed by atoms with Crippen LogP contribution in [0, 0.1) is 5.82 Å². The van der Waals surface area contributed by atoms with E-state index in [1.165, 1.54) is 11.0 Å². The first kappa shape index (κ1) is 14.8. The van der Waals surface area contributed by atoms with Crippen molar-refractivity contribution in [2.45, 2.75) is 18.9 Å². The highest BCUT2D eigenvalue weighted by atomic mass is 19.1. The van der Waals surface area contributed by atoms with E-state index < -0.39 is 35.3 Å². The third kappa shape index (κ3) is 3.10. The number of urea groups is 1. The van der Waals surface area contributed by atoms with E-state index in [2.05, 4.69) is 5.32 Å². The zero-order chi connectivity index (χ0) is 15.6. The molecule has 1 aromatic rings. The van der Waals surface area contributed by atoms with Gasteiger partial charge in [0.2, 0.25) is 5.91 Å². The minimum atomic E-state index is -1.39. The van der Waals surface area contributed by atoms with Crippen molar-refractivity contribution in [1.82, 2.24) is 4.90 Å². The van der Waals surface area contributed by atoms with Gasteiger partial charge in [0.1, 0.15) is 11.9 Å². The Kier molecular flexibility index (Phi) is 4.06. The fourth-order valence-corrected chi connectivity index (χ4v) is 2.27. The van der Waals surface area contributed by atoms with E-state index in [9.17, 15) is 18.8 Å². The van der Waals surface area contributed by atoms with Crippen LogP contribution >= 0.6 is 0 Å². The predicted octanol–water partition coefficient (Wildman–Crippen LogP) is 1.01. The molecule has 4 N–H and O–H groups in total. The zero-order valence-electron chi connectivity index (χ0n) is 11.0. The molecule has 112 valence electrons. The van der Waals surface area contributed by atoms with Crippen molar-refractivity contribution in [2.24, 2.45) is 5.73 Å². The monoisotopic (exact) mass is 295 g/mol. The van der Waals surface area contributed by atoms with E-state index in [1.54, 1.807) is 0 Å². The number of carboxylic acid groups (broad SMARTS) is 1. The summed E-state index contributed by atoms with van der Waals surface area (Å²) in [6.45, 7) is 0.384. The molecule has 0 aliphatic carbocycles. The highest BCUT2D eigenvalue weighted by Crippen LogP contribution is 2.20. The van der Waals surface area contributed by atoms with Gasteiger partial charge in [-0.25, -0.2) is 14.0 Å². The molecule has 0 spiro atoms. The van der Waals surface area contributed by atoms with Crippen LogP contribution in [0.2, 0.25) is 0 Å². The Labute approximate surface area is 119 Å². The van der Waals surface area contributed by atoms with Crippen LogP contribution in [-0.2, 0) is 4.79 Å². The van der Waals surface area contributed by atoms with E-state index in [1.807, 2.05) is 0 Å². The number of benzene rings is 1. The van der Waals surface area contributed by atoms with E-state index in [0.29, 0.717) is 19.4 Å². The fraction of sp³-hybridized carbons (Fsp3) is 0.308. The number of nitrogens with zero attached hydrogens (tertiary/aromatic N) is 1. The summed E-state index contributed by atoms with van der Waals surface area (Å²) in [6.07, 6.45) is 1.16. The Morgan fingerprint density at radius 3 is 2.67 bits per heavy atom. The number of amides is 3. The lowest BCUT2D eigenvalue weighted by atomic mass is 10.2. The second kappa shape index (κ2) is 5.78. The highest BCUT2D eigenvalue weighted by molar-refractivity contribution is 5.94. The molecule has 1 aromatic carbocycles. The van der Waals surface area contributed by atoms with Crippen molar-refractivity contribution >= 4 is 23.6 Å². The number of carbonyl (C=O) groups is 3. The molecule has 8 heteroatoms. The SMILES string of the molecule is NC(=O)C1CCCN1C(=O)Nc1ccc(C(=O)O)c(F)c1.